The molecule has 1 aromatic heterocycles. The molecule has 0 aliphatic rings. The molecule has 0 saturated heterocycles. The van der Waals surface area contributed by atoms with Gasteiger partial charge in [-0.25, -0.2) is 0 Å². The molecule has 0 saturated carbocycles. The zero-order chi connectivity index (χ0) is 15.0. The summed E-state index contributed by atoms with van der Waals surface area (Å²) in [7, 11) is 0. The minimum Gasteiger partial charge on any atom is -0.460 e. The first-order valence-corrected chi connectivity index (χ1v) is 7.03. The van der Waals surface area contributed by atoms with Crippen molar-refractivity contribution >= 4 is 22.4 Å². The molecule has 0 radical (unpaired) electrons. The molecule has 2 aromatic carbocycles. The fraction of sp³-hybridized carbons (Fsp3) is 0.167. The van der Waals surface area contributed by atoms with E-state index in [0.717, 1.165) is 22.3 Å². The van der Waals surface area contributed by atoms with Gasteiger partial charge in [0.1, 0.15) is 11.3 Å². The molecule has 3 nitrogen and oxygen atoms in total. The number of nitrogens with two attached hydrogens (primary N) is 1. The minimum absolute atomic E-state index is 0.0263. The summed E-state index contributed by atoms with van der Waals surface area (Å²) >= 11 is 0. The Labute approximate surface area is 123 Å². The van der Waals surface area contributed by atoms with Gasteiger partial charge < -0.3 is 10.2 Å². The SMILES string of the molecule is CCc1oc2ccccc2c1C(=O)c1cc(N)ccc1C. The van der Waals surface area contributed by atoms with Crippen LogP contribution in [0.25, 0.3) is 11.0 Å². The quantitative estimate of drug-likeness (QED) is 0.579. The molecule has 3 rings (SSSR count). The third-order valence-corrected chi connectivity index (χ3v) is 3.72. The number of anilines is 1. The van der Waals surface area contributed by atoms with Crippen LogP contribution in [0.3, 0.4) is 0 Å². The molecule has 0 bridgehead atoms. The van der Waals surface area contributed by atoms with Crippen LogP contribution in [0.15, 0.2) is 46.9 Å². The molecular weight excluding hydrogens is 262 g/mol. The van der Waals surface area contributed by atoms with Crippen LogP contribution in [0.2, 0.25) is 0 Å². The molecule has 21 heavy (non-hydrogen) atoms. The Morgan fingerprint density at radius 2 is 1.95 bits per heavy atom. The number of furan rings is 1. The van der Waals surface area contributed by atoms with Crippen molar-refractivity contribution in [1.82, 2.24) is 0 Å². The zero-order valence-corrected chi connectivity index (χ0v) is 12.1. The molecule has 106 valence electrons. The topological polar surface area (TPSA) is 56.2 Å². The summed E-state index contributed by atoms with van der Waals surface area (Å²) in [6.45, 7) is 3.90. The highest BCUT2D eigenvalue weighted by Gasteiger charge is 2.22. The Hall–Kier alpha value is -2.55. The summed E-state index contributed by atoms with van der Waals surface area (Å²) < 4.78 is 5.81. The van der Waals surface area contributed by atoms with Gasteiger partial charge in [-0.3, -0.25) is 4.79 Å². The second kappa shape index (κ2) is 5.09. The van der Waals surface area contributed by atoms with Crippen LogP contribution in [0, 0.1) is 6.92 Å². The van der Waals surface area contributed by atoms with E-state index in [-0.39, 0.29) is 5.78 Å². The standard InChI is InChI=1S/C18H17NO2/c1-3-15-17(13-6-4-5-7-16(13)21-15)18(20)14-10-12(19)9-8-11(14)2/h4-10H,3,19H2,1-2H3. The first-order valence-electron chi connectivity index (χ1n) is 7.03. The molecule has 3 heteroatoms. The first kappa shape index (κ1) is 13.4. The van der Waals surface area contributed by atoms with Crippen LogP contribution in [0.5, 0.6) is 0 Å². The highest BCUT2D eigenvalue weighted by Crippen LogP contribution is 2.29. The lowest BCUT2D eigenvalue weighted by Gasteiger charge is -2.06. The Morgan fingerprint density at radius 3 is 2.71 bits per heavy atom. The van der Waals surface area contributed by atoms with Crippen LogP contribution in [0.1, 0.15) is 34.2 Å². The van der Waals surface area contributed by atoms with Crippen molar-refractivity contribution in [2.24, 2.45) is 0 Å². The second-order valence-electron chi connectivity index (χ2n) is 5.15. The van der Waals surface area contributed by atoms with Gasteiger partial charge in [-0.05, 0) is 30.7 Å². The molecule has 1 heterocycles. The minimum atomic E-state index is -0.0263. The van der Waals surface area contributed by atoms with E-state index in [4.69, 9.17) is 10.2 Å². The lowest BCUT2D eigenvalue weighted by molar-refractivity contribution is 0.103. The van der Waals surface area contributed by atoms with Gasteiger partial charge >= 0.3 is 0 Å². The van der Waals surface area contributed by atoms with Crippen LogP contribution in [0.4, 0.5) is 5.69 Å². The Morgan fingerprint density at radius 1 is 1.19 bits per heavy atom. The van der Waals surface area contributed by atoms with E-state index in [2.05, 4.69) is 0 Å². The summed E-state index contributed by atoms with van der Waals surface area (Å²) in [4.78, 5) is 13.0. The maximum absolute atomic E-state index is 13.0. The summed E-state index contributed by atoms with van der Waals surface area (Å²) in [5, 5.41) is 0.862. The van der Waals surface area contributed by atoms with E-state index in [9.17, 15) is 4.79 Å². The van der Waals surface area contributed by atoms with Crippen molar-refractivity contribution < 1.29 is 9.21 Å². The molecule has 0 unspecified atom stereocenters. The fourth-order valence-corrected chi connectivity index (χ4v) is 2.61. The number of benzene rings is 2. The number of carbonyl (C=O) groups is 1. The summed E-state index contributed by atoms with van der Waals surface area (Å²) in [6, 6.07) is 13.0. The highest BCUT2D eigenvalue weighted by molar-refractivity contribution is 6.17. The van der Waals surface area contributed by atoms with Crippen molar-refractivity contribution in [3.05, 3.63) is 64.9 Å². The van der Waals surface area contributed by atoms with Gasteiger partial charge in [-0.1, -0.05) is 31.2 Å². The van der Waals surface area contributed by atoms with Gasteiger partial charge in [0.05, 0.1) is 5.56 Å². The number of nitrogen functional groups attached to an aromatic ring is 1. The van der Waals surface area contributed by atoms with Crippen molar-refractivity contribution in [3.8, 4) is 0 Å². The van der Waals surface area contributed by atoms with Crippen molar-refractivity contribution in [3.63, 3.8) is 0 Å². The molecule has 3 aromatic rings. The molecule has 0 aliphatic carbocycles. The number of hydrogen-bond donors (Lipinski definition) is 1. The van der Waals surface area contributed by atoms with E-state index in [1.165, 1.54) is 0 Å². The maximum atomic E-state index is 13.0. The van der Waals surface area contributed by atoms with E-state index >= 15 is 0 Å². The Bertz CT molecular complexity index is 830. The normalized spacial score (nSPS) is 11.0. The van der Waals surface area contributed by atoms with Crippen LogP contribution in [-0.4, -0.2) is 5.78 Å². The van der Waals surface area contributed by atoms with Crippen molar-refractivity contribution in [2.45, 2.75) is 20.3 Å². The van der Waals surface area contributed by atoms with Crippen LogP contribution >= 0.6 is 0 Å². The van der Waals surface area contributed by atoms with Crippen molar-refractivity contribution in [1.29, 1.82) is 0 Å². The number of fused-ring (bicyclic) bond motifs is 1. The number of aryl methyl sites for hydroxylation is 2. The van der Waals surface area contributed by atoms with Crippen LogP contribution in [-0.2, 0) is 6.42 Å². The van der Waals surface area contributed by atoms with E-state index in [0.29, 0.717) is 23.2 Å². The van der Waals surface area contributed by atoms with Gasteiger partial charge in [-0.2, -0.15) is 0 Å². The predicted molar refractivity (Wildman–Crippen MR) is 84.6 cm³/mol. The maximum Gasteiger partial charge on any atom is 0.197 e. The third-order valence-electron chi connectivity index (χ3n) is 3.72. The molecule has 0 aliphatic heterocycles. The smallest absolute Gasteiger partial charge is 0.197 e. The molecule has 2 N–H and O–H groups in total. The fourth-order valence-electron chi connectivity index (χ4n) is 2.61. The average molecular weight is 279 g/mol. The number of hydrogen-bond acceptors (Lipinski definition) is 3. The van der Waals surface area contributed by atoms with Crippen molar-refractivity contribution in [2.75, 3.05) is 5.73 Å². The van der Waals surface area contributed by atoms with Gasteiger partial charge in [0, 0.05) is 23.1 Å². The summed E-state index contributed by atoms with van der Waals surface area (Å²) in [5.41, 5.74) is 9.38. The lowest BCUT2D eigenvalue weighted by Crippen LogP contribution is -2.06. The van der Waals surface area contributed by atoms with Gasteiger partial charge in [0.25, 0.3) is 0 Å². The van der Waals surface area contributed by atoms with Gasteiger partial charge in [0.2, 0.25) is 0 Å². The molecule has 0 spiro atoms. The summed E-state index contributed by atoms with van der Waals surface area (Å²) in [5.74, 6) is 0.699. The monoisotopic (exact) mass is 279 g/mol. The van der Waals surface area contributed by atoms with Gasteiger partial charge in [0.15, 0.2) is 5.78 Å². The molecule has 0 amide bonds. The zero-order valence-electron chi connectivity index (χ0n) is 12.1. The second-order valence-corrected chi connectivity index (χ2v) is 5.15. The highest BCUT2D eigenvalue weighted by atomic mass is 16.3. The molecule has 0 atom stereocenters. The number of carbonyl (C=O) groups excluding carboxylic acids is 1. The van der Waals surface area contributed by atoms with E-state index in [1.807, 2.05) is 44.2 Å². The number of ketones is 1. The van der Waals surface area contributed by atoms with Crippen LogP contribution < -0.4 is 5.73 Å². The molecule has 0 fully saturated rings. The summed E-state index contributed by atoms with van der Waals surface area (Å²) in [6.07, 6.45) is 0.678. The largest absolute Gasteiger partial charge is 0.460 e. The van der Waals surface area contributed by atoms with E-state index in [1.54, 1.807) is 12.1 Å². The average Bonchev–Trinajstić information content (AvgIpc) is 2.87. The Balaban J connectivity index is 2.24. The Kier molecular flexibility index (Phi) is 3.26. The molecular formula is C18H17NO2. The third kappa shape index (κ3) is 2.21. The van der Waals surface area contributed by atoms with Gasteiger partial charge in [-0.15, -0.1) is 0 Å². The number of para-hydroxylation sites is 1. The van der Waals surface area contributed by atoms with E-state index < -0.39 is 0 Å². The first-order chi connectivity index (χ1) is 10.1. The predicted octanol–water partition coefficient (Wildman–Crippen LogP) is 4.12. The number of rotatable bonds is 3. The lowest BCUT2D eigenvalue weighted by atomic mass is 9.96.